The van der Waals surface area contributed by atoms with E-state index in [9.17, 15) is 4.79 Å². The second-order valence-electron chi connectivity index (χ2n) is 9.21. The fraction of sp³-hybridized carbons (Fsp3) is 0.679. The molecule has 0 radical (unpaired) electrons. The fourth-order valence-electron chi connectivity index (χ4n) is 3.92. The second-order valence-corrected chi connectivity index (χ2v) is 9.21. The van der Waals surface area contributed by atoms with E-state index in [0.29, 0.717) is 18.2 Å². The molecule has 1 aromatic carbocycles. The number of carbonyl (C=O) groups excluding carboxylic acids is 1. The molecule has 0 N–H and O–H groups in total. The largest absolute Gasteiger partial charge is 0.338 e. The van der Waals surface area contributed by atoms with Gasteiger partial charge in [-0.15, -0.1) is 0 Å². The number of nitrogens with zero attached hydrogens (tertiary/aromatic N) is 1. The van der Waals surface area contributed by atoms with Crippen LogP contribution in [-0.2, 0) is 4.79 Å². The van der Waals surface area contributed by atoms with Crippen LogP contribution in [0.3, 0.4) is 0 Å². The molecule has 0 heterocycles. The number of carbonyl (C=O) groups is 1. The molecule has 0 aliphatic heterocycles. The third-order valence-electron chi connectivity index (χ3n) is 5.60. The van der Waals surface area contributed by atoms with Crippen LogP contribution in [-0.4, -0.2) is 23.9 Å². The molecule has 1 amide bonds. The Morgan fingerprint density at radius 3 is 2.03 bits per heavy atom. The molecule has 0 fully saturated rings. The minimum Gasteiger partial charge on any atom is -0.338 e. The van der Waals surface area contributed by atoms with Crippen molar-refractivity contribution in [2.75, 3.05) is 13.1 Å². The number of unbranched alkanes of at least 4 members (excludes halogenated alkanes) is 8. The zero-order valence-corrected chi connectivity index (χ0v) is 20.3. The number of hydrogen-bond acceptors (Lipinski definition) is 1. The molecular formula is C28H47NO. The first-order chi connectivity index (χ1) is 14.6. The summed E-state index contributed by atoms with van der Waals surface area (Å²) in [7, 11) is 0. The van der Waals surface area contributed by atoms with Gasteiger partial charge in [-0.05, 0) is 30.7 Å². The predicted octanol–water partition coefficient (Wildman–Crippen LogP) is 8.28. The molecule has 0 spiro atoms. The van der Waals surface area contributed by atoms with Crippen molar-refractivity contribution in [2.45, 2.75) is 105 Å². The van der Waals surface area contributed by atoms with Crippen LogP contribution < -0.4 is 0 Å². The number of benzene rings is 1. The van der Waals surface area contributed by atoms with Gasteiger partial charge >= 0.3 is 0 Å². The van der Waals surface area contributed by atoms with Gasteiger partial charge in [0.2, 0.25) is 5.91 Å². The van der Waals surface area contributed by atoms with Crippen LogP contribution in [0.1, 0.15) is 110 Å². The fourth-order valence-corrected chi connectivity index (χ4v) is 3.92. The molecule has 0 saturated carbocycles. The monoisotopic (exact) mass is 413 g/mol. The van der Waals surface area contributed by atoms with E-state index in [-0.39, 0.29) is 0 Å². The maximum absolute atomic E-state index is 13.0. The summed E-state index contributed by atoms with van der Waals surface area (Å²) < 4.78 is 0. The van der Waals surface area contributed by atoms with Crippen LogP contribution in [0.25, 0.3) is 6.08 Å². The highest BCUT2D eigenvalue weighted by atomic mass is 16.2. The smallest absolute Gasteiger partial charge is 0.222 e. The number of amides is 1. The normalized spacial score (nSPS) is 11.8. The van der Waals surface area contributed by atoms with Crippen LogP contribution >= 0.6 is 0 Å². The van der Waals surface area contributed by atoms with Crippen molar-refractivity contribution >= 4 is 12.0 Å². The Labute approximate surface area is 187 Å². The molecular weight excluding hydrogens is 366 g/mol. The lowest BCUT2D eigenvalue weighted by atomic mass is 10.0. The first-order valence-corrected chi connectivity index (χ1v) is 12.6. The van der Waals surface area contributed by atoms with Crippen LogP contribution in [0.15, 0.2) is 35.9 Å². The summed E-state index contributed by atoms with van der Waals surface area (Å²) in [6.07, 6.45) is 16.6. The molecule has 0 bridgehead atoms. The molecule has 0 aromatic heterocycles. The third kappa shape index (κ3) is 12.9. The zero-order valence-electron chi connectivity index (χ0n) is 20.3. The molecule has 170 valence electrons. The SMILES string of the molecule is CCCCCCCCCC(=O)N(CC(=Cc1ccccc1)CCCCC)CC(C)C. The van der Waals surface area contributed by atoms with Gasteiger partial charge in [0, 0.05) is 19.5 Å². The van der Waals surface area contributed by atoms with Crippen molar-refractivity contribution in [3.05, 3.63) is 41.5 Å². The predicted molar refractivity (Wildman–Crippen MR) is 133 cm³/mol. The van der Waals surface area contributed by atoms with E-state index in [1.807, 2.05) is 0 Å². The van der Waals surface area contributed by atoms with E-state index in [1.165, 1.54) is 68.9 Å². The van der Waals surface area contributed by atoms with E-state index >= 15 is 0 Å². The molecule has 2 heteroatoms. The lowest BCUT2D eigenvalue weighted by molar-refractivity contribution is -0.131. The highest BCUT2D eigenvalue weighted by Crippen LogP contribution is 2.18. The molecule has 0 aliphatic carbocycles. The summed E-state index contributed by atoms with van der Waals surface area (Å²) in [6, 6.07) is 10.6. The summed E-state index contributed by atoms with van der Waals surface area (Å²) in [5.41, 5.74) is 2.64. The first kappa shape index (κ1) is 26.5. The van der Waals surface area contributed by atoms with Gasteiger partial charge in [0.15, 0.2) is 0 Å². The van der Waals surface area contributed by atoms with Gasteiger partial charge in [0.05, 0.1) is 0 Å². The van der Waals surface area contributed by atoms with E-state index in [1.54, 1.807) is 0 Å². The lowest BCUT2D eigenvalue weighted by Gasteiger charge is -2.26. The average molecular weight is 414 g/mol. The third-order valence-corrected chi connectivity index (χ3v) is 5.60. The zero-order chi connectivity index (χ0) is 22.0. The van der Waals surface area contributed by atoms with Crippen molar-refractivity contribution in [3.8, 4) is 0 Å². The highest BCUT2D eigenvalue weighted by Gasteiger charge is 2.16. The van der Waals surface area contributed by atoms with Gasteiger partial charge in [0.1, 0.15) is 0 Å². The second kappa shape index (κ2) is 17.1. The Kier molecular flexibility index (Phi) is 15.1. The minimum absolute atomic E-state index is 0.340. The average Bonchev–Trinajstić information content (AvgIpc) is 2.73. The Bertz CT molecular complexity index is 576. The minimum atomic E-state index is 0.340. The van der Waals surface area contributed by atoms with Gasteiger partial charge in [0.25, 0.3) is 0 Å². The lowest BCUT2D eigenvalue weighted by Crippen LogP contribution is -2.35. The van der Waals surface area contributed by atoms with Crippen LogP contribution in [0.4, 0.5) is 0 Å². The quantitative estimate of drug-likeness (QED) is 0.235. The maximum Gasteiger partial charge on any atom is 0.222 e. The molecule has 0 saturated heterocycles. The molecule has 1 aromatic rings. The Morgan fingerprint density at radius 2 is 1.40 bits per heavy atom. The molecule has 0 aliphatic rings. The number of rotatable bonds is 17. The topological polar surface area (TPSA) is 20.3 Å². The summed E-state index contributed by atoms with van der Waals surface area (Å²) in [5, 5.41) is 0. The van der Waals surface area contributed by atoms with Crippen molar-refractivity contribution in [2.24, 2.45) is 5.92 Å². The van der Waals surface area contributed by atoms with Crippen molar-refractivity contribution in [1.29, 1.82) is 0 Å². The van der Waals surface area contributed by atoms with Gasteiger partial charge in [-0.25, -0.2) is 0 Å². The Hall–Kier alpha value is -1.57. The number of hydrogen-bond donors (Lipinski definition) is 0. The van der Waals surface area contributed by atoms with E-state index in [2.05, 4.69) is 69.0 Å². The van der Waals surface area contributed by atoms with E-state index in [4.69, 9.17) is 0 Å². The molecule has 2 nitrogen and oxygen atoms in total. The summed E-state index contributed by atoms with van der Waals surface area (Å²) >= 11 is 0. The van der Waals surface area contributed by atoms with Crippen molar-refractivity contribution in [1.82, 2.24) is 4.90 Å². The van der Waals surface area contributed by atoms with E-state index in [0.717, 1.165) is 25.9 Å². The molecule has 0 unspecified atom stereocenters. The van der Waals surface area contributed by atoms with Gasteiger partial charge in [-0.1, -0.05) is 121 Å². The van der Waals surface area contributed by atoms with Crippen LogP contribution in [0.2, 0.25) is 0 Å². The van der Waals surface area contributed by atoms with E-state index < -0.39 is 0 Å². The van der Waals surface area contributed by atoms with Crippen molar-refractivity contribution < 1.29 is 4.79 Å². The molecule has 30 heavy (non-hydrogen) atoms. The summed E-state index contributed by atoms with van der Waals surface area (Å²) in [6.45, 7) is 10.6. The Morgan fingerprint density at radius 1 is 0.833 bits per heavy atom. The summed E-state index contributed by atoms with van der Waals surface area (Å²) in [5.74, 6) is 0.836. The van der Waals surface area contributed by atoms with Gasteiger partial charge in [-0.3, -0.25) is 4.79 Å². The van der Waals surface area contributed by atoms with Crippen molar-refractivity contribution in [3.63, 3.8) is 0 Å². The van der Waals surface area contributed by atoms with Gasteiger partial charge < -0.3 is 4.90 Å². The standard InChI is InChI=1S/C28H47NO/c1-5-7-9-10-11-12-17-21-28(30)29(23-25(3)4)24-27(20-14-8-6-2)22-26-18-15-13-16-19-26/h13,15-16,18-19,22,25H,5-12,14,17,20-21,23-24H2,1-4H3. The Balaban J connectivity index is 2.67. The maximum atomic E-state index is 13.0. The van der Waals surface area contributed by atoms with Crippen LogP contribution in [0.5, 0.6) is 0 Å². The highest BCUT2D eigenvalue weighted by molar-refractivity contribution is 5.76. The van der Waals surface area contributed by atoms with Gasteiger partial charge in [-0.2, -0.15) is 0 Å². The van der Waals surface area contributed by atoms with Crippen LogP contribution in [0, 0.1) is 5.92 Å². The molecule has 1 rings (SSSR count). The first-order valence-electron chi connectivity index (χ1n) is 12.6. The summed E-state index contributed by atoms with van der Waals surface area (Å²) in [4.78, 5) is 15.2. The molecule has 0 atom stereocenters.